The number of hydrogen-bond donors (Lipinski definition) is 2. The van der Waals surface area contributed by atoms with E-state index >= 15 is 0 Å². The Bertz CT molecular complexity index is 576. The van der Waals surface area contributed by atoms with E-state index in [0.29, 0.717) is 16.4 Å². The molecule has 2 aromatic rings. The van der Waals surface area contributed by atoms with Crippen molar-refractivity contribution in [1.82, 2.24) is 20.2 Å². The Morgan fingerprint density at radius 2 is 2.00 bits per heavy atom. The highest BCUT2D eigenvalue weighted by Crippen LogP contribution is 2.22. The second kappa shape index (κ2) is 7.22. The molecule has 0 saturated carbocycles. The number of aromatic nitrogens is 2. The van der Waals surface area contributed by atoms with Crippen LogP contribution in [0.4, 0.5) is 4.39 Å². The molecular formula is C14H17Cl2FN4. The van der Waals surface area contributed by atoms with Gasteiger partial charge < -0.3 is 10.3 Å². The Labute approximate surface area is 134 Å². The molecule has 0 amide bonds. The van der Waals surface area contributed by atoms with Gasteiger partial charge in [-0.3, -0.25) is 4.90 Å². The summed E-state index contributed by atoms with van der Waals surface area (Å²) < 4.78 is 13.4. The summed E-state index contributed by atoms with van der Waals surface area (Å²) in [5.74, 6) is 0.295. The van der Waals surface area contributed by atoms with Crippen LogP contribution in [0.25, 0.3) is 11.4 Å². The lowest BCUT2D eigenvalue weighted by atomic mass is 10.2. The lowest BCUT2D eigenvalue weighted by molar-refractivity contribution is 0.231. The number of nitrogens with zero attached hydrogens (tertiary/aromatic N) is 2. The fraction of sp³-hybridized carbons (Fsp3) is 0.357. The smallest absolute Gasteiger partial charge is 0.137 e. The van der Waals surface area contributed by atoms with Crippen molar-refractivity contribution in [3.05, 3.63) is 40.9 Å². The van der Waals surface area contributed by atoms with Crippen molar-refractivity contribution in [2.24, 2.45) is 0 Å². The van der Waals surface area contributed by atoms with Crippen molar-refractivity contribution in [2.75, 3.05) is 26.2 Å². The molecule has 114 valence electrons. The standard InChI is InChI=1S/C14H16ClFN4.ClH/c15-11-5-10(6-12(16)7-11)14-18-8-13(19-14)9-20-3-1-17-2-4-20;/h5-8,17H,1-4,9H2,(H,18,19);1H. The molecule has 3 rings (SSSR count). The first kappa shape index (κ1) is 16.2. The van der Waals surface area contributed by atoms with E-state index in [-0.39, 0.29) is 18.2 Å². The van der Waals surface area contributed by atoms with Gasteiger partial charge >= 0.3 is 0 Å². The molecule has 0 aliphatic carbocycles. The lowest BCUT2D eigenvalue weighted by Crippen LogP contribution is -2.42. The molecule has 4 nitrogen and oxygen atoms in total. The molecule has 0 atom stereocenters. The maximum atomic E-state index is 13.4. The molecule has 0 unspecified atom stereocenters. The van der Waals surface area contributed by atoms with E-state index in [2.05, 4.69) is 20.2 Å². The summed E-state index contributed by atoms with van der Waals surface area (Å²) in [7, 11) is 0. The molecule has 1 fully saturated rings. The highest BCUT2D eigenvalue weighted by Gasteiger charge is 2.12. The van der Waals surface area contributed by atoms with E-state index in [1.54, 1.807) is 12.3 Å². The largest absolute Gasteiger partial charge is 0.341 e. The third kappa shape index (κ3) is 4.17. The fourth-order valence-corrected chi connectivity index (χ4v) is 2.61. The van der Waals surface area contributed by atoms with Gasteiger partial charge in [-0.25, -0.2) is 9.37 Å². The number of imidazole rings is 1. The van der Waals surface area contributed by atoms with Crippen LogP contribution in [0.3, 0.4) is 0 Å². The second-order valence-electron chi connectivity index (χ2n) is 4.94. The zero-order valence-electron chi connectivity index (χ0n) is 11.4. The molecule has 0 spiro atoms. The van der Waals surface area contributed by atoms with Crippen molar-refractivity contribution >= 4 is 24.0 Å². The normalized spacial score (nSPS) is 15.7. The number of aromatic amines is 1. The Kier molecular flexibility index (Phi) is 5.58. The molecule has 2 N–H and O–H groups in total. The number of piperazine rings is 1. The predicted octanol–water partition coefficient (Wildman–Crippen LogP) is 2.70. The first-order chi connectivity index (χ1) is 9.70. The Balaban J connectivity index is 0.00000161. The molecular weight excluding hydrogens is 314 g/mol. The molecule has 0 bridgehead atoms. The fourth-order valence-electron chi connectivity index (χ4n) is 2.39. The van der Waals surface area contributed by atoms with Gasteiger partial charge in [0.05, 0.1) is 0 Å². The second-order valence-corrected chi connectivity index (χ2v) is 5.38. The van der Waals surface area contributed by atoms with Crippen molar-refractivity contribution in [2.45, 2.75) is 6.54 Å². The third-order valence-corrected chi connectivity index (χ3v) is 3.59. The minimum atomic E-state index is -0.354. The average Bonchev–Trinajstić information content (AvgIpc) is 2.87. The highest BCUT2D eigenvalue weighted by atomic mass is 35.5. The van der Waals surface area contributed by atoms with Crippen LogP contribution in [0.15, 0.2) is 24.4 Å². The van der Waals surface area contributed by atoms with Crippen molar-refractivity contribution in [3.8, 4) is 11.4 Å². The van der Waals surface area contributed by atoms with Crippen LogP contribution in [0, 0.1) is 5.82 Å². The van der Waals surface area contributed by atoms with E-state index in [4.69, 9.17) is 11.6 Å². The van der Waals surface area contributed by atoms with Gasteiger partial charge in [0.25, 0.3) is 0 Å². The van der Waals surface area contributed by atoms with Crippen LogP contribution >= 0.6 is 24.0 Å². The zero-order valence-corrected chi connectivity index (χ0v) is 13.0. The van der Waals surface area contributed by atoms with E-state index in [0.717, 1.165) is 38.4 Å². The first-order valence-electron chi connectivity index (χ1n) is 6.64. The number of hydrogen-bond acceptors (Lipinski definition) is 3. The topological polar surface area (TPSA) is 44.0 Å². The van der Waals surface area contributed by atoms with Gasteiger partial charge in [-0.1, -0.05) is 11.6 Å². The van der Waals surface area contributed by atoms with Crippen molar-refractivity contribution in [3.63, 3.8) is 0 Å². The molecule has 7 heteroatoms. The molecule has 1 saturated heterocycles. The Morgan fingerprint density at radius 3 is 2.71 bits per heavy atom. The summed E-state index contributed by atoms with van der Waals surface area (Å²) in [5, 5.41) is 3.70. The summed E-state index contributed by atoms with van der Waals surface area (Å²) in [4.78, 5) is 9.90. The van der Waals surface area contributed by atoms with Crippen LogP contribution in [0.5, 0.6) is 0 Å². The first-order valence-corrected chi connectivity index (χ1v) is 7.02. The van der Waals surface area contributed by atoms with Crippen LogP contribution < -0.4 is 5.32 Å². The van der Waals surface area contributed by atoms with Gasteiger partial charge in [0, 0.05) is 55.2 Å². The molecule has 2 heterocycles. The predicted molar refractivity (Wildman–Crippen MR) is 84.4 cm³/mol. The Hall–Kier alpha value is -1.14. The van der Waals surface area contributed by atoms with E-state index in [1.165, 1.54) is 12.1 Å². The SMILES string of the molecule is Cl.Fc1cc(Cl)cc(-c2ncc(CN3CCNCC3)[nH]2)c1. The number of rotatable bonds is 3. The Morgan fingerprint density at radius 1 is 1.24 bits per heavy atom. The molecule has 1 aromatic heterocycles. The van der Waals surface area contributed by atoms with Crippen LogP contribution in [-0.2, 0) is 6.54 Å². The van der Waals surface area contributed by atoms with Gasteiger partial charge in [-0.05, 0) is 18.2 Å². The van der Waals surface area contributed by atoms with Crippen molar-refractivity contribution < 1.29 is 4.39 Å². The van der Waals surface area contributed by atoms with Crippen LogP contribution in [0.2, 0.25) is 5.02 Å². The van der Waals surface area contributed by atoms with E-state index in [1.807, 2.05) is 0 Å². The number of halogens is 3. The lowest BCUT2D eigenvalue weighted by Gasteiger charge is -2.26. The number of H-pyrrole nitrogens is 1. The minimum Gasteiger partial charge on any atom is -0.341 e. The molecule has 1 aliphatic heterocycles. The zero-order chi connectivity index (χ0) is 13.9. The maximum absolute atomic E-state index is 13.4. The maximum Gasteiger partial charge on any atom is 0.137 e. The van der Waals surface area contributed by atoms with Crippen LogP contribution in [0.1, 0.15) is 5.69 Å². The summed E-state index contributed by atoms with van der Waals surface area (Å²) in [6.07, 6.45) is 1.80. The van der Waals surface area contributed by atoms with E-state index in [9.17, 15) is 4.39 Å². The van der Waals surface area contributed by atoms with Gasteiger partial charge in [0.1, 0.15) is 11.6 Å². The van der Waals surface area contributed by atoms with Gasteiger partial charge in [0.15, 0.2) is 0 Å². The van der Waals surface area contributed by atoms with Crippen molar-refractivity contribution in [1.29, 1.82) is 0 Å². The minimum absolute atomic E-state index is 0. The molecule has 1 aromatic carbocycles. The third-order valence-electron chi connectivity index (χ3n) is 3.37. The summed E-state index contributed by atoms with van der Waals surface area (Å²) >= 11 is 5.87. The van der Waals surface area contributed by atoms with Gasteiger partial charge in [0.2, 0.25) is 0 Å². The molecule has 1 aliphatic rings. The number of nitrogens with one attached hydrogen (secondary N) is 2. The summed E-state index contributed by atoms with van der Waals surface area (Å²) in [6.45, 7) is 4.92. The quantitative estimate of drug-likeness (QED) is 0.909. The number of benzene rings is 1. The molecule has 21 heavy (non-hydrogen) atoms. The van der Waals surface area contributed by atoms with E-state index < -0.39 is 0 Å². The highest BCUT2D eigenvalue weighted by molar-refractivity contribution is 6.30. The summed E-state index contributed by atoms with van der Waals surface area (Å²) in [5.41, 5.74) is 1.70. The monoisotopic (exact) mass is 330 g/mol. The molecule has 0 radical (unpaired) electrons. The average molecular weight is 331 g/mol. The van der Waals surface area contributed by atoms with Crippen LogP contribution in [-0.4, -0.2) is 41.0 Å². The van der Waals surface area contributed by atoms with Gasteiger partial charge in [-0.15, -0.1) is 12.4 Å². The summed E-state index contributed by atoms with van der Waals surface area (Å²) in [6, 6.07) is 4.42. The van der Waals surface area contributed by atoms with Gasteiger partial charge in [-0.2, -0.15) is 0 Å².